The van der Waals surface area contributed by atoms with Gasteiger partial charge >= 0.3 is 0 Å². The molecule has 0 saturated heterocycles. The van der Waals surface area contributed by atoms with Crippen molar-refractivity contribution in [2.75, 3.05) is 25.5 Å². The smallest absolute Gasteiger partial charge is 0.167 e. The molecule has 96 valence electrons. The predicted molar refractivity (Wildman–Crippen MR) is 69.2 cm³/mol. The summed E-state index contributed by atoms with van der Waals surface area (Å²) in [6.07, 6.45) is 0. The third-order valence-corrected chi connectivity index (χ3v) is 2.26. The van der Waals surface area contributed by atoms with Crippen molar-refractivity contribution in [2.45, 2.75) is 26.3 Å². The Kier molecular flexibility index (Phi) is 4.75. The second kappa shape index (κ2) is 5.87. The lowest BCUT2D eigenvalue weighted by Crippen LogP contribution is -2.38. The second-order valence-corrected chi connectivity index (χ2v) is 4.95. The van der Waals surface area contributed by atoms with E-state index in [9.17, 15) is 4.39 Å². The maximum Gasteiger partial charge on any atom is 0.167 e. The van der Waals surface area contributed by atoms with Crippen LogP contribution in [0.4, 0.5) is 10.1 Å². The van der Waals surface area contributed by atoms with Crippen LogP contribution in [0.1, 0.15) is 20.8 Å². The molecule has 4 heteroatoms. The van der Waals surface area contributed by atoms with Crippen molar-refractivity contribution in [1.82, 2.24) is 5.32 Å². The minimum absolute atomic E-state index is 0.104. The molecule has 0 aliphatic heterocycles. The van der Waals surface area contributed by atoms with Gasteiger partial charge in [-0.2, -0.15) is 0 Å². The molecule has 0 heterocycles. The molecule has 0 aliphatic carbocycles. The summed E-state index contributed by atoms with van der Waals surface area (Å²) in [5, 5.41) is 6.50. The first-order chi connectivity index (χ1) is 7.92. The van der Waals surface area contributed by atoms with Crippen LogP contribution in [0.15, 0.2) is 18.2 Å². The van der Waals surface area contributed by atoms with E-state index < -0.39 is 0 Å². The van der Waals surface area contributed by atoms with E-state index in [1.807, 2.05) is 0 Å². The van der Waals surface area contributed by atoms with E-state index in [1.165, 1.54) is 13.2 Å². The molecule has 0 amide bonds. The standard InChI is InChI=1S/C13H21FN2O/c1-13(2,3)16-8-7-15-10-5-6-12(17-4)11(14)9-10/h5-6,9,15-16H,7-8H2,1-4H3. The predicted octanol–water partition coefficient (Wildman–Crippen LogP) is 2.63. The molecule has 2 N–H and O–H groups in total. The first kappa shape index (κ1) is 13.8. The average Bonchev–Trinajstić information content (AvgIpc) is 2.23. The van der Waals surface area contributed by atoms with Crippen LogP contribution < -0.4 is 15.4 Å². The third kappa shape index (κ3) is 5.04. The van der Waals surface area contributed by atoms with Crippen LogP contribution in [0.25, 0.3) is 0 Å². The first-order valence-electron chi connectivity index (χ1n) is 5.75. The van der Waals surface area contributed by atoms with Crippen molar-refractivity contribution >= 4 is 5.69 Å². The highest BCUT2D eigenvalue weighted by Gasteiger charge is 2.07. The number of hydrogen-bond donors (Lipinski definition) is 2. The summed E-state index contributed by atoms with van der Waals surface area (Å²) in [6.45, 7) is 7.92. The summed E-state index contributed by atoms with van der Waals surface area (Å²) in [7, 11) is 1.46. The summed E-state index contributed by atoms with van der Waals surface area (Å²) in [6, 6.07) is 4.86. The maximum absolute atomic E-state index is 13.4. The Hall–Kier alpha value is -1.29. The molecule has 17 heavy (non-hydrogen) atoms. The van der Waals surface area contributed by atoms with E-state index in [-0.39, 0.29) is 17.1 Å². The van der Waals surface area contributed by atoms with Gasteiger partial charge in [-0.05, 0) is 32.9 Å². The van der Waals surface area contributed by atoms with Crippen LogP contribution >= 0.6 is 0 Å². The SMILES string of the molecule is COc1ccc(NCCNC(C)(C)C)cc1F. The van der Waals surface area contributed by atoms with Gasteiger partial charge in [-0.15, -0.1) is 0 Å². The van der Waals surface area contributed by atoms with Gasteiger partial charge in [0.05, 0.1) is 7.11 Å². The molecule has 3 nitrogen and oxygen atoms in total. The fraction of sp³-hybridized carbons (Fsp3) is 0.538. The molecule has 0 spiro atoms. The van der Waals surface area contributed by atoms with E-state index in [2.05, 4.69) is 31.4 Å². The molecule has 0 bridgehead atoms. The fourth-order valence-electron chi connectivity index (χ4n) is 1.42. The van der Waals surface area contributed by atoms with Crippen molar-refractivity contribution in [1.29, 1.82) is 0 Å². The maximum atomic E-state index is 13.4. The van der Waals surface area contributed by atoms with Gasteiger partial charge in [0.2, 0.25) is 0 Å². The van der Waals surface area contributed by atoms with Crippen LogP contribution in [-0.2, 0) is 0 Å². The molecule has 0 aromatic heterocycles. The van der Waals surface area contributed by atoms with Gasteiger partial charge in [0, 0.05) is 30.4 Å². The molecule has 1 rings (SSSR count). The largest absolute Gasteiger partial charge is 0.494 e. The lowest BCUT2D eigenvalue weighted by atomic mass is 10.1. The zero-order chi connectivity index (χ0) is 12.9. The quantitative estimate of drug-likeness (QED) is 0.776. The van der Waals surface area contributed by atoms with Crippen LogP contribution in [0.2, 0.25) is 0 Å². The highest BCUT2D eigenvalue weighted by Crippen LogP contribution is 2.20. The highest BCUT2D eigenvalue weighted by molar-refractivity contribution is 5.47. The molecule has 1 aromatic rings. The molecule has 0 aliphatic rings. The first-order valence-corrected chi connectivity index (χ1v) is 5.75. The van der Waals surface area contributed by atoms with E-state index in [4.69, 9.17) is 4.74 Å². The van der Waals surface area contributed by atoms with Crippen molar-refractivity contribution in [3.63, 3.8) is 0 Å². The highest BCUT2D eigenvalue weighted by atomic mass is 19.1. The molecule has 0 fully saturated rings. The summed E-state index contributed by atoms with van der Waals surface area (Å²) >= 11 is 0. The Bertz CT molecular complexity index is 361. The molecule has 0 atom stereocenters. The Morgan fingerprint density at radius 1 is 1.24 bits per heavy atom. The Balaban J connectivity index is 2.40. The van der Waals surface area contributed by atoms with Crippen molar-refractivity contribution < 1.29 is 9.13 Å². The van der Waals surface area contributed by atoms with Gasteiger partial charge in [-0.1, -0.05) is 0 Å². The van der Waals surface area contributed by atoms with Crippen LogP contribution in [0.5, 0.6) is 5.75 Å². The summed E-state index contributed by atoms with van der Waals surface area (Å²) in [4.78, 5) is 0. The molecule has 0 radical (unpaired) electrons. The van der Waals surface area contributed by atoms with Crippen molar-refractivity contribution in [2.24, 2.45) is 0 Å². The Morgan fingerprint density at radius 2 is 1.94 bits per heavy atom. The van der Waals surface area contributed by atoms with Gasteiger partial charge in [0.25, 0.3) is 0 Å². The normalized spacial score (nSPS) is 11.4. The monoisotopic (exact) mass is 240 g/mol. The number of methoxy groups -OCH3 is 1. The number of rotatable bonds is 5. The van der Waals surface area contributed by atoms with Gasteiger partial charge in [-0.25, -0.2) is 4.39 Å². The van der Waals surface area contributed by atoms with Crippen LogP contribution in [-0.4, -0.2) is 25.7 Å². The number of ether oxygens (including phenoxy) is 1. The van der Waals surface area contributed by atoms with Crippen molar-refractivity contribution in [3.8, 4) is 5.75 Å². The number of benzene rings is 1. The number of hydrogen-bond acceptors (Lipinski definition) is 3. The van der Waals surface area contributed by atoms with Gasteiger partial charge in [0.1, 0.15) is 0 Å². The van der Waals surface area contributed by atoms with Gasteiger partial charge in [-0.3, -0.25) is 0 Å². The number of nitrogens with one attached hydrogen (secondary N) is 2. The summed E-state index contributed by atoms with van der Waals surface area (Å²) in [5.41, 5.74) is 0.867. The topological polar surface area (TPSA) is 33.3 Å². The van der Waals surface area contributed by atoms with E-state index in [1.54, 1.807) is 12.1 Å². The Labute approximate surface area is 102 Å². The third-order valence-electron chi connectivity index (χ3n) is 2.26. The zero-order valence-electron chi connectivity index (χ0n) is 10.9. The van der Waals surface area contributed by atoms with Crippen LogP contribution in [0.3, 0.4) is 0 Å². The molecule has 0 unspecified atom stereocenters. The minimum atomic E-state index is -0.346. The van der Waals surface area contributed by atoms with Crippen molar-refractivity contribution in [3.05, 3.63) is 24.0 Å². The van der Waals surface area contributed by atoms with Crippen LogP contribution in [0, 0.1) is 5.82 Å². The molecule has 1 aromatic carbocycles. The summed E-state index contributed by atoms with van der Waals surface area (Å²) < 4.78 is 18.2. The Morgan fingerprint density at radius 3 is 2.47 bits per heavy atom. The lowest BCUT2D eigenvalue weighted by Gasteiger charge is -2.20. The van der Waals surface area contributed by atoms with E-state index in [0.29, 0.717) is 0 Å². The molecular weight excluding hydrogens is 219 g/mol. The number of halogens is 1. The number of anilines is 1. The molecule has 0 saturated carbocycles. The van der Waals surface area contributed by atoms with Gasteiger partial charge < -0.3 is 15.4 Å². The van der Waals surface area contributed by atoms with E-state index >= 15 is 0 Å². The fourth-order valence-corrected chi connectivity index (χ4v) is 1.42. The minimum Gasteiger partial charge on any atom is -0.494 e. The van der Waals surface area contributed by atoms with Gasteiger partial charge in [0.15, 0.2) is 11.6 Å². The summed E-state index contributed by atoms with van der Waals surface area (Å²) in [5.74, 6) is -0.0790. The lowest BCUT2D eigenvalue weighted by molar-refractivity contribution is 0.386. The average molecular weight is 240 g/mol. The molecular formula is C13H21FN2O. The second-order valence-electron chi connectivity index (χ2n) is 4.95. The zero-order valence-corrected chi connectivity index (χ0v) is 10.9. The van der Waals surface area contributed by atoms with E-state index in [0.717, 1.165) is 18.8 Å².